The third-order valence-corrected chi connectivity index (χ3v) is 4.81. The molecular formula is C15H13BrN2OS. The number of aromatic nitrogens is 1. The number of halogens is 1. The number of rotatable bonds is 2. The molecule has 0 radical (unpaired) electrons. The third-order valence-electron chi connectivity index (χ3n) is 2.98. The Balaban J connectivity index is 2.00. The van der Waals surface area contributed by atoms with E-state index >= 15 is 0 Å². The van der Waals surface area contributed by atoms with Crippen LogP contribution in [0, 0.1) is 13.8 Å². The average molecular weight is 349 g/mol. The van der Waals surface area contributed by atoms with Crippen molar-refractivity contribution in [2.24, 2.45) is 0 Å². The smallest absolute Gasteiger partial charge is 0.152 e. The Hall–Kier alpha value is -1.59. The van der Waals surface area contributed by atoms with Gasteiger partial charge in [-0.05, 0) is 43.7 Å². The Morgan fingerprint density at radius 2 is 2.00 bits per heavy atom. The molecule has 20 heavy (non-hydrogen) atoms. The molecule has 3 aromatic rings. The van der Waals surface area contributed by atoms with Crippen molar-refractivity contribution in [3.63, 3.8) is 0 Å². The molecule has 0 bridgehead atoms. The Labute approximate surface area is 129 Å². The number of fused-ring (bicyclic) bond motifs is 1. The molecular weight excluding hydrogens is 336 g/mol. The van der Waals surface area contributed by atoms with Crippen LogP contribution in [-0.2, 0) is 0 Å². The van der Waals surface area contributed by atoms with Crippen molar-refractivity contribution < 1.29 is 4.74 Å². The van der Waals surface area contributed by atoms with Gasteiger partial charge in [0.1, 0.15) is 5.75 Å². The van der Waals surface area contributed by atoms with Crippen molar-refractivity contribution in [1.29, 1.82) is 0 Å². The number of thiazole rings is 1. The molecule has 0 saturated carbocycles. The third kappa shape index (κ3) is 2.51. The zero-order valence-electron chi connectivity index (χ0n) is 11.1. The monoisotopic (exact) mass is 348 g/mol. The summed E-state index contributed by atoms with van der Waals surface area (Å²) >= 11 is 5.11. The Morgan fingerprint density at radius 1 is 1.20 bits per heavy atom. The van der Waals surface area contributed by atoms with Gasteiger partial charge in [0, 0.05) is 10.5 Å². The number of anilines is 1. The summed E-state index contributed by atoms with van der Waals surface area (Å²) in [5, 5.41) is 1.02. The summed E-state index contributed by atoms with van der Waals surface area (Å²) < 4.78 is 8.02. The molecule has 2 N–H and O–H groups in total. The van der Waals surface area contributed by atoms with E-state index in [0.717, 1.165) is 31.0 Å². The van der Waals surface area contributed by atoms with Crippen LogP contribution < -0.4 is 10.5 Å². The van der Waals surface area contributed by atoms with Gasteiger partial charge < -0.3 is 10.5 Å². The highest BCUT2D eigenvalue weighted by Gasteiger charge is 2.09. The second-order valence-electron chi connectivity index (χ2n) is 4.60. The predicted octanol–water partition coefficient (Wildman–Crippen LogP) is 5.05. The van der Waals surface area contributed by atoms with Crippen LogP contribution in [0.15, 0.2) is 34.8 Å². The largest absolute Gasteiger partial charge is 0.455 e. The fraction of sp³-hybridized carbons (Fsp3) is 0.133. The molecule has 2 aromatic carbocycles. The number of nitrogens with zero attached hydrogens (tertiary/aromatic N) is 1. The highest BCUT2D eigenvalue weighted by Crippen LogP contribution is 2.34. The van der Waals surface area contributed by atoms with Gasteiger partial charge in [-0.15, -0.1) is 11.3 Å². The lowest BCUT2D eigenvalue weighted by Crippen LogP contribution is -1.92. The minimum atomic E-state index is 0.627. The van der Waals surface area contributed by atoms with E-state index in [4.69, 9.17) is 10.5 Å². The van der Waals surface area contributed by atoms with Gasteiger partial charge in [-0.2, -0.15) is 0 Å². The molecule has 0 fully saturated rings. The van der Waals surface area contributed by atoms with Gasteiger partial charge in [-0.25, -0.2) is 4.98 Å². The molecule has 0 aliphatic rings. The number of nitrogen functional groups attached to an aromatic ring is 1. The molecule has 0 spiro atoms. The van der Waals surface area contributed by atoms with Gasteiger partial charge in [0.05, 0.1) is 20.9 Å². The first-order chi connectivity index (χ1) is 9.52. The van der Waals surface area contributed by atoms with Gasteiger partial charge in [0.2, 0.25) is 0 Å². The first-order valence-corrected chi connectivity index (χ1v) is 7.74. The van der Waals surface area contributed by atoms with Crippen molar-refractivity contribution in [2.45, 2.75) is 13.8 Å². The van der Waals surface area contributed by atoms with Crippen LogP contribution in [-0.4, -0.2) is 4.98 Å². The highest BCUT2D eigenvalue weighted by molar-refractivity contribution is 9.10. The molecule has 5 heteroatoms. The van der Waals surface area contributed by atoms with Crippen molar-refractivity contribution in [1.82, 2.24) is 4.98 Å². The number of hydrogen-bond donors (Lipinski definition) is 1. The van der Waals surface area contributed by atoms with Crippen LogP contribution in [0.4, 0.5) is 5.69 Å². The first kappa shape index (κ1) is 13.4. The SMILES string of the molecule is Cc1nc2cc(Oc3ccc(Br)c(C)c3)c(N)cc2s1. The van der Waals surface area contributed by atoms with Crippen LogP contribution in [0.3, 0.4) is 0 Å². The van der Waals surface area contributed by atoms with Crippen molar-refractivity contribution in [2.75, 3.05) is 5.73 Å². The van der Waals surface area contributed by atoms with Crippen molar-refractivity contribution in [3.05, 3.63) is 45.4 Å². The lowest BCUT2D eigenvalue weighted by atomic mass is 10.2. The molecule has 0 amide bonds. The summed E-state index contributed by atoms with van der Waals surface area (Å²) in [7, 11) is 0. The van der Waals surface area contributed by atoms with E-state index < -0.39 is 0 Å². The second kappa shape index (κ2) is 5.07. The van der Waals surface area contributed by atoms with Gasteiger partial charge in [-0.1, -0.05) is 15.9 Å². The molecule has 0 atom stereocenters. The van der Waals surface area contributed by atoms with E-state index in [0.29, 0.717) is 11.4 Å². The van der Waals surface area contributed by atoms with Crippen molar-refractivity contribution in [3.8, 4) is 11.5 Å². The molecule has 1 aromatic heterocycles. The number of aryl methyl sites for hydroxylation is 2. The van der Waals surface area contributed by atoms with E-state index in [9.17, 15) is 0 Å². The Bertz CT molecular complexity index is 798. The van der Waals surface area contributed by atoms with Crippen LogP contribution in [0.2, 0.25) is 0 Å². The van der Waals surface area contributed by atoms with E-state index in [1.807, 2.05) is 44.2 Å². The number of nitrogens with two attached hydrogens (primary N) is 1. The van der Waals surface area contributed by atoms with Crippen molar-refractivity contribution >= 4 is 43.2 Å². The molecule has 0 unspecified atom stereocenters. The van der Waals surface area contributed by atoms with E-state index in [1.165, 1.54) is 0 Å². The van der Waals surface area contributed by atoms with Crippen LogP contribution in [0.5, 0.6) is 11.5 Å². The maximum atomic E-state index is 6.06. The van der Waals surface area contributed by atoms with Crippen LogP contribution in [0.1, 0.15) is 10.6 Å². The summed E-state index contributed by atoms with van der Waals surface area (Å²) in [5.41, 5.74) is 8.72. The fourth-order valence-corrected chi connectivity index (χ4v) is 3.09. The molecule has 3 nitrogen and oxygen atoms in total. The van der Waals surface area contributed by atoms with E-state index in [2.05, 4.69) is 20.9 Å². The summed E-state index contributed by atoms with van der Waals surface area (Å²) in [5.74, 6) is 1.41. The summed E-state index contributed by atoms with van der Waals surface area (Å²) in [6.45, 7) is 4.01. The zero-order valence-corrected chi connectivity index (χ0v) is 13.5. The second-order valence-corrected chi connectivity index (χ2v) is 6.69. The highest BCUT2D eigenvalue weighted by atomic mass is 79.9. The lowest BCUT2D eigenvalue weighted by Gasteiger charge is -2.09. The average Bonchev–Trinajstić information content (AvgIpc) is 2.73. The van der Waals surface area contributed by atoms with Gasteiger partial charge in [-0.3, -0.25) is 0 Å². The van der Waals surface area contributed by atoms with Crippen LogP contribution in [0.25, 0.3) is 10.2 Å². The topological polar surface area (TPSA) is 48.1 Å². The molecule has 102 valence electrons. The lowest BCUT2D eigenvalue weighted by molar-refractivity contribution is 0.485. The maximum absolute atomic E-state index is 6.06. The normalized spacial score (nSPS) is 10.9. The Kier molecular flexibility index (Phi) is 3.40. The minimum Gasteiger partial charge on any atom is -0.455 e. The molecule has 0 saturated heterocycles. The van der Waals surface area contributed by atoms with Gasteiger partial charge in [0.15, 0.2) is 5.75 Å². The van der Waals surface area contributed by atoms with E-state index in [1.54, 1.807) is 11.3 Å². The number of benzene rings is 2. The molecule has 1 heterocycles. The molecule has 0 aliphatic carbocycles. The minimum absolute atomic E-state index is 0.627. The number of ether oxygens (including phenoxy) is 1. The molecule has 3 rings (SSSR count). The standard InChI is InChI=1S/C15H13BrN2OS/c1-8-5-10(3-4-11(8)16)19-14-7-13-15(6-12(14)17)20-9(2)18-13/h3-7H,17H2,1-2H3. The first-order valence-electron chi connectivity index (χ1n) is 6.13. The summed E-state index contributed by atoms with van der Waals surface area (Å²) in [4.78, 5) is 4.46. The van der Waals surface area contributed by atoms with Crippen LogP contribution >= 0.6 is 27.3 Å². The van der Waals surface area contributed by atoms with Gasteiger partial charge in [0.25, 0.3) is 0 Å². The maximum Gasteiger partial charge on any atom is 0.152 e. The summed E-state index contributed by atoms with van der Waals surface area (Å²) in [6.07, 6.45) is 0. The van der Waals surface area contributed by atoms with Gasteiger partial charge >= 0.3 is 0 Å². The fourth-order valence-electron chi connectivity index (χ4n) is 1.98. The Morgan fingerprint density at radius 3 is 2.75 bits per heavy atom. The summed E-state index contributed by atoms with van der Waals surface area (Å²) in [6, 6.07) is 9.66. The molecule has 0 aliphatic heterocycles. The predicted molar refractivity (Wildman–Crippen MR) is 87.7 cm³/mol. The number of hydrogen-bond acceptors (Lipinski definition) is 4. The quantitative estimate of drug-likeness (QED) is 0.659. The van der Waals surface area contributed by atoms with E-state index in [-0.39, 0.29) is 0 Å². The zero-order chi connectivity index (χ0) is 14.3.